The smallest absolute Gasteiger partial charge is 0.191 e. The van der Waals surface area contributed by atoms with E-state index in [0.717, 1.165) is 25.5 Å². The lowest BCUT2D eigenvalue weighted by Gasteiger charge is -2.16. The number of guanidine groups is 1. The van der Waals surface area contributed by atoms with Gasteiger partial charge in [-0.3, -0.25) is 4.99 Å². The van der Waals surface area contributed by atoms with E-state index in [0.29, 0.717) is 6.04 Å². The minimum absolute atomic E-state index is 0.485. The van der Waals surface area contributed by atoms with Crippen molar-refractivity contribution < 1.29 is 0 Å². The topological polar surface area (TPSA) is 39.7 Å². The second kappa shape index (κ2) is 13.2. The molecule has 120 valence electrons. The first kappa shape index (κ1) is 19.2. The first-order valence-corrected chi connectivity index (χ1v) is 8.29. The van der Waals surface area contributed by atoms with Crippen molar-refractivity contribution in [1.29, 1.82) is 0 Å². The van der Waals surface area contributed by atoms with Crippen molar-refractivity contribution in [2.75, 3.05) is 33.7 Å². The van der Waals surface area contributed by atoms with E-state index in [1.807, 2.05) is 0 Å². The van der Waals surface area contributed by atoms with Gasteiger partial charge in [0.15, 0.2) is 5.96 Å². The number of nitrogens with zero attached hydrogens (tertiary/aromatic N) is 2. The van der Waals surface area contributed by atoms with Gasteiger partial charge in [-0.25, -0.2) is 0 Å². The van der Waals surface area contributed by atoms with Gasteiger partial charge in [-0.1, -0.05) is 26.2 Å². The fourth-order valence-corrected chi connectivity index (χ4v) is 1.92. The summed E-state index contributed by atoms with van der Waals surface area (Å²) in [5.41, 5.74) is 0. The molecule has 0 heterocycles. The highest BCUT2D eigenvalue weighted by atomic mass is 15.2. The van der Waals surface area contributed by atoms with Crippen LogP contribution in [0.2, 0.25) is 0 Å². The highest BCUT2D eigenvalue weighted by Gasteiger charge is 2.01. The second-order valence-electron chi connectivity index (χ2n) is 5.79. The van der Waals surface area contributed by atoms with Crippen molar-refractivity contribution in [2.24, 2.45) is 4.99 Å². The molecule has 0 spiro atoms. The normalized spacial score (nSPS) is 13.6. The van der Waals surface area contributed by atoms with Crippen LogP contribution in [0.5, 0.6) is 0 Å². The third kappa shape index (κ3) is 12.3. The fourth-order valence-electron chi connectivity index (χ4n) is 1.92. The summed E-state index contributed by atoms with van der Waals surface area (Å²) in [7, 11) is 4.28. The highest BCUT2D eigenvalue weighted by molar-refractivity contribution is 5.79. The summed E-state index contributed by atoms with van der Waals surface area (Å²) in [6.07, 6.45) is 7.59. The Hall–Kier alpha value is -0.770. The number of hydrogen-bond acceptors (Lipinski definition) is 2. The Labute approximate surface area is 126 Å². The van der Waals surface area contributed by atoms with Crippen LogP contribution < -0.4 is 10.6 Å². The molecular weight excluding hydrogens is 248 g/mol. The van der Waals surface area contributed by atoms with Crippen LogP contribution >= 0.6 is 0 Å². The van der Waals surface area contributed by atoms with E-state index >= 15 is 0 Å². The number of nitrogens with one attached hydrogen (secondary N) is 2. The number of aliphatic imine (C=N–C) groups is 1. The van der Waals surface area contributed by atoms with Crippen LogP contribution in [0.15, 0.2) is 4.99 Å². The standard InChI is InChI=1S/C16H36N4/c1-6-15(3)19-16(17-7-2)18-13-11-9-8-10-12-14-20(4)5/h15H,6-14H2,1-5H3,(H2,17,18,19). The van der Waals surface area contributed by atoms with E-state index in [1.54, 1.807) is 0 Å². The summed E-state index contributed by atoms with van der Waals surface area (Å²) in [6, 6.07) is 0.485. The number of unbranched alkanes of at least 4 members (excludes halogenated alkanes) is 4. The predicted molar refractivity (Wildman–Crippen MR) is 90.5 cm³/mol. The summed E-state index contributed by atoms with van der Waals surface area (Å²) < 4.78 is 0. The van der Waals surface area contributed by atoms with Gasteiger partial charge in [-0.2, -0.15) is 0 Å². The van der Waals surface area contributed by atoms with Crippen molar-refractivity contribution in [3.05, 3.63) is 0 Å². The van der Waals surface area contributed by atoms with Crippen LogP contribution in [-0.4, -0.2) is 50.6 Å². The zero-order chi connectivity index (χ0) is 15.2. The molecule has 0 radical (unpaired) electrons. The van der Waals surface area contributed by atoms with Gasteiger partial charge in [-0.15, -0.1) is 0 Å². The lowest BCUT2D eigenvalue weighted by Crippen LogP contribution is -2.42. The fraction of sp³-hybridized carbons (Fsp3) is 0.938. The molecule has 0 saturated carbocycles. The first-order chi connectivity index (χ1) is 9.60. The predicted octanol–water partition coefficient (Wildman–Crippen LogP) is 2.85. The SMILES string of the molecule is CCNC(=NCCCCCCCN(C)C)NC(C)CC. The molecule has 1 atom stereocenters. The van der Waals surface area contributed by atoms with Gasteiger partial charge in [0.25, 0.3) is 0 Å². The zero-order valence-electron chi connectivity index (χ0n) is 14.3. The molecule has 4 nitrogen and oxygen atoms in total. The van der Waals surface area contributed by atoms with Gasteiger partial charge < -0.3 is 15.5 Å². The summed E-state index contributed by atoms with van der Waals surface area (Å²) in [4.78, 5) is 6.89. The van der Waals surface area contributed by atoms with Gasteiger partial charge in [0.2, 0.25) is 0 Å². The minimum Gasteiger partial charge on any atom is -0.357 e. The second-order valence-corrected chi connectivity index (χ2v) is 5.79. The van der Waals surface area contributed by atoms with Crippen LogP contribution in [0.3, 0.4) is 0 Å². The molecule has 0 aliphatic heterocycles. The van der Waals surface area contributed by atoms with Gasteiger partial charge in [-0.05, 0) is 53.8 Å². The van der Waals surface area contributed by atoms with Crippen molar-refractivity contribution in [1.82, 2.24) is 15.5 Å². The molecule has 0 fully saturated rings. The van der Waals surface area contributed by atoms with E-state index < -0.39 is 0 Å². The van der Waals surface area contributed by atoms with E-state index in [2.05, 4.69) is 55.4 Å². The summed E-state index contributed by atoms with van der Waals surface area (Å²) in [5.74, 6) is 0.967. The Kier molecular flexibility index (Phi) is 12.7. The van der Waals surface area contributed by atoms with Gasteiger partial charge in [0.05, 0.1) is 0 Å². The third-order valence-corrected chi connectivity index (χ3v) is 3.37. The van der Waals surface area contributed by atoms with E-state index in [4.69, 9.17) is 0 Å². The van der Waals surface area contributed by atoms with E-state index in [-0.39, 0.29) is 0 Å². The Morgan fingerprint density at radius 2 is 1.70 bits per heavy atom. The lowest BCUT2D eigenvalue weighted by molar-refractivity contribution is 0.390. The molecule has 4 heteroatoms. The van der Waals surface area contributed by atoms with E-state index in [1.165, 1.54) is 38.6 Å². The van der Waals surface area contributed by atoms with Crippen LogP contribution in [0.25, 0.3) is 0 Å². The molecule has 0 amide bonds. The molecule has 20 heavy (non-hydrogen) atoms. The lowest BCUT2D eigenvalue weighted by atomic mass is 10.1. The zero-order valence-corrected chi connectivity index (χ0v) is 14.3. The molecule has 0 aromatic heterocycles. The maximum Gasteiger partial charge on any atom is 0.191 e. The molecule has 0 bridgehead atoms. The molecule has 0 aromatic rings. The average Bonchev–Trinajstić information content (AvgIpc) is 2.41. The van der Waals surface area contributed by atoms with Crippen molar-refractivity contribution in [3.63, 3.8) is 0 Å². The van der Waals surface area contributed by atoms with Crippen LogP contribution in [0.4, 0.5) is 0 Å². The monoisotopic (exact) mass is 284 g/mol. The first-order valence-electron chi connectivity index (χ1n) is 8.29. The molecular formula is C16H36N4. The van der Waals surface area contributed by atoms with E-state index in [9.17, 15) is 0 Å². The van der Waals surface area contributed by atoms with Crippen LogP contribution in [0.1, 0.15) is 59.3 Å². The maximum atomic E-state index is 4.63. The van der Waals surface area contributed by atoms with Crippen molar-refractivity contribution >= 4 is 5.96 Å². The van der Waals surface area contributed by atoms with Crippen molar-refractivity contribution in [2.45, 2.75) is 65.3 Å². The molecule has 0 saturated heterocycles. The molecule has 0 rings (SSSR count). The molecule has 0 aromatic carbocycles. The number of hydrogen-bond donors (Lipinski definition) is 2. The minimum atomic E-state index is 0.485. The Bertz CT molecular complexity index is 239. The van der Waals surface area contributed by atoms with Gasteiger partial charge in [0, 0.05) is 19.1 Å². The van der Waals surface area contributed by atoms with Crippen LogP contribution in [0, 0.1) is 0 Å². The Balaban J connectivity index is 3.66. The maximum absolute atomic E-state index is 4.63. The third-order valence-electron chi connectivity index (χ3n) is 3.37. The Morgan fingerprint density at radius 3 is 2.30 bits per heavy atom. The highest BCUT2D eigenvalue weighted by Crippen LogP contribution is 2.03. The molecule has 0 aliphatic carbocycles. The van der Waals surface area contributed by atoms with Crippen LogP contribution in [-0.2, 0) is 0 Å². The quantitative estimate of drug-likeness (QED) is 0.348. The summed E-state index contributed by atoms with van der Waals surface area (Å²) in [5, 5.41) is 6.73. The van der Waals surface area contributed by atoms with Gasteiger partial charge in [0.1, 0.15) is 0 Å². The molecule has 0 aliphatic rings. The Morgan fingerprint density at radius 1 is 1.05 bits per heavy atom. The number of rotatable bonds is 11. The van der Waals surface area contributed by atoms with Gasteiger partial charge >= 0.3 is 0 Å². The summed E-state index contributed by atoms with van der Waals surface area (Å²) in [6.45, 7) is 9.55. The molecule has 1 unspecified atom stereocenters. The molecule has 2 N–H and O–H groups in total. The largest absolute Gasteiger partial charge is 0.357 e. The van der Waals surface area contributed by atoms with Crippen molar-refractivity contribution in [3.8, 4) is 0 Å². The average molecular weight is 284 g/mol. The summed E-state index contributed by atoms with van der Waals surface area (Å²) >= 11 is 0.